The van der Waals surface area contributed by atoms with Gasteiger partial charge in [0.1, 0.15) is 5.75 Å². The minimum Gasteiger partial charge on any atom is -0.481 e. The summed E-state index contributed by atoms with van der Waals surface area (Å²) in [5.41, 5.74) is 1.10. The van der Waals surface area contributed by atoms with Crippen molar-refractivity contribution < 1.29 is 19.4 Å². The van der Waals surface area contributed by atoms with Gasteiger partial charge in [-0.25, -0.2) is 0 Å². The van der Waals surface area contributed by atoms with Gasteiger partial charge < -0.3 is 14.7 Å². The van der Waals surface area contributed by atoms with Crippen LogP contribution in [-0.4, -0.2) is 65.1 Å². The largest absolute Gasteiger partial charge is 0.481 e. The Kier molecular flexibility index (Phi) is 7.45. The minimum absolute atomic E-state index is 0.0220. The molecule has 1 aliphatic heterocycles. The lowest BCUT2D eigenvalue weighted by atomic mass is 10.0. The molecule has 0 spiro atoms. The number of ether oxygens (including phenoxy) is 1. The molecule has 0 bridgehead atoms. The summed E-state index contributed by atoms with van der Waals surface area (Å²) in [6.07, 6.45) is 1.74. The van der Waals surface area contributed by atoms with E-state index in [1.807, 2.05) is 54.8 Å². The number of aliphatic carboxylic acids is 1. The van der Waals surface area contributed by atoms with E-state index < -0.39 is 12.1 Å². The Morgan fingerprint density at radius 1 is 1.31 bits per heavy atom. The van der Waals surface area contributed by atoms with Gasteiger partial charge in [-0.1, -0.05) is 26.0 Å². The molecule has 1 saturated heterocycles. The first-order valence-electron chi connectivity index (χ1n) is 9.42. The van der Waals surface area contributed by atoms with Crippen molar-refractivity contribution in [2.45, 2.75) is 52.2 Å². The van der Waals surface area contributed by atoms with Crippen LogP contribution in [0.4, 0.5) is 0 Å². The summed E-state index contributed by atoms with van der Waals surface area (Å²) in [5.74, 6) is -0.0598. The molecule has 6 heteroatoms. The molecule has 1 atom stereocenters. The van der Waals surface area contributed by atoms with E-state index in [9.17, 15) is 9.59 Å². The number of likely N-dealkylation sites (tertiary alicyclic amines) is 1. The molecule has 1 aromatic rings. The molecule has 1 unspecified atom stereocenters. The number of nitrogens with zero attached hydrogens (tertiary/aromatic N) is 2. The Labute approximate surface area is 155 Å². The maximum Gasteiger partial charge on any atom is 0.317 e. The zero-order valence-electron chi connectivity index (χ0n) is 16.0. The number of hydrogen-bond donors (Lipinski definition) is 1. The van der Waals surface area contributed by atoms with Crippen molar-refractivity contribution in [3.63, 3.8) is 0 Å². The Bertz CT molecular complexity index is 612. The second-order valence-corrected chi connectivity index (χ2v) is 6.84. The van der Waals surface area contributed by atoms with Crippen LogP contribution >= 0.6 is 0 Å². The molecule has 26 heavy (non-hydrogen) atoms. The number of carboxylic acids is 1. The summed E-state index contributed by atoms with van der Waals surface area (Å²) in [6, 6.07) is 7.96. The van der Waals surface area contributed by atoms with Crippen molar-refractivity contribution in [2.24, 2.45) is 0 Å². The third-order valence-corrected chi connectivity index (χ3v) is 4.95. The first-order valence-corrected chi connectivity index (χ1v) is 9.42. The van der Waals surface area contributed by atoms with Gasteiger partial charge in [0.15, 0.2) is 6.10 Å². The molecule has 1 heterocycles. The van der Waals surface area contributed by atoms with Gasteiger partial charge in [0, 0.05) is 19.1 Å². The van der Waals surface area contributed by atoms with Crippen molar-refractivity contribution in [2.75, 3.05) is 26.2 Å². The van der Waals surface area contributed by atoms with E-state index in [1.54, 1.807) is 0 Å². The topological polar surface area (TPSA) is 70.1 Å². The number of benzene rings is 1. The molecule has 1 N–H and O–H groups in total. The molecule has 0 radical (unpaired) electrons. The van der Waals surface area contributed by atoms with Crippen LogP contribution in [-0.2, 0) is 9.59 Å². The standard InChI is InChI=1S/C20H30N2O4/c1-4-18(26-17-8-6-7-15(3)13-17)20(25)22-11-9-16(10-12-22)21(5-2)14-19(23)24/h6-8,13,16,18H,4-5,9-12,14H2,1-3H3,(H,23,24). The highest BCUT2D eigenvalue weighted by Crippen LogP contribution is 2.20. The van der Waals surface area contributed by atoms with E-state index in [4.69, 9.17) is 9.84 Å². The van der Waals surface area contributed by atoms with Crippen LogP contribution < -0.4 is 4.74 Å². The molecule has 0 aliphatic carbocycles. The van der Waals surface area contributed by atoms with Crippen LogP contribution in [0.3, 0.4) is 0 Å². The lowest BCUT2D eigenvalue weighted by Crippen LogP contribution is -2.50. The first kappa shape index (κ1) is 20.2. The number of aryl methyl sites for hydroxylation is 1. The van der Waals surface area contributed by atoms with E-state index in [0.29, 0.717) is 26.1 Å². The van der Waals surface area contributed by atoms with E-state index in [-0.39, 0.29) is 18.5 Å². The maximum absolute atomic E-state index is 12.8. The quantitative estimate of drug-likeness (QED) is 0.770. The fourth-order valence-electron chi connectivity index (χ4n) is 3.49. The van der Waals surface area contributed by atoms with Gasteiger partial charge >= 0.3 is 5.97 Å². The average molecular weight is 362 g/mol. The summed E-state index contributed by atoms with van der Waals surface area (Å²) in [5, 5.41) is 9.03. The predicted octanol–water partition coefficient (Wildman–Crippen LogP) is 2.55. The smallest absolute Gasteiger partial charge is 0.317 e. The number of carbonyl (C=O) groups excluding carboxylic acids is 1. The van der Waals surface area contributed by atoms with E-state index >= 15 is 0 Å². The van der Waals surface area contributed by atoms with E-state index in [1.165, 1.54) is 0 Å². The fourth-order valence-corrected chi connectivity index (χ4v) is 3.49. The normalized spacial score (nSPS) is 16.5. The predicted molar refractivity (Wildman–Crippen MR) is 100 cm³/mol. The molecule has 0 saturated carbocycles. The molecule has 144 valence electrons. The molecule has 1 aromatic carbocycles. The van der Waals surface area contributed by atoms with Gasteiger partial charge in [-0.3, -0.25) is 14.5 Å². The third-order valence-electron chi connectivity index (χ3n) is 4.95. The van der Waals surface area contributed by atoms with Crippen LogP contribution in [0, 0.1) is 6.92 Å². The molecule has 1 fully saturated rings. The summed E-state index contributed by atoms with van der Waals surface area (Å²) >= 11 is 0. The van der Waals surface area contributed by atoms with Crippen molar-refractivity contribution in [1.29, 1.82) is 0 Å². The number of carbonyl (C=O) groups is 2. The number of hydrogen-bond acceptors (Lipinski definition) is 4. The molecular weight excluding hydrogens is 332 g/mol. The van der Waals surface area contributed by atoms with Crippen molar-refractivity contribution in [1.82, 2.24) is 9.80 Å². The summed E-state index contributed by atoms with van der Waals surface area (Å²) in [6.45, 7) is 7.99. The van der Waals surface area contributed by atoms with Crippen LogP contribution in [0.15, 0.2) is 24.3 Å². The highest BCUT2D eigenvalue weighted by molar-refractivity contribution is 5.81. The highest BCUT2D eigenvalue weighted by atomic mass is 16.5. The number of rotatable bonds is 8. The SMILES string of the molecule is CCC(Oc1cccc(C)c1)C(=O)N1CCC(N(CC)CC(=O)O)CC1. The van der Waals surface area contributed by atoms with Gasteiger partial charge in [0.2, 0.25) is 0 Å². The fraction of sp³-hybridized carbons (Fsp3) is 0.600. The van der Waals surface area contributed by atoms with Crippen LogP contribution in [0.2, 0.25) is 0 Å². The van der Waals surface area contributed by atoms with Crippen molar-refractivity contribution >= 4 is 11.9 Å². The second-order valence-electron chi connectivity index (χ2n) is 6.84. The summed E-state index contributed by atoms with van der Waals surface area (Å²) in [4.78, 5) is 27.7. The second kappa shape index (κ2) is 9.57. The molecule has 1 aliphatic rings. The van der Waals surface area contributed by atoms with Gasteiger partial charge in [0.05, 0.1) is 6.54 Å². The van der Waals surface area contributed by atoms with Gasteiger partial charge in [-0.2, -0.15) is 0 Å². The van der Waals surface area contributed by atoms with E-state index in [0.717, 1.165) is 24.2 Å². The molecule has 0 aromatic heterocycles. The average Bonchev–Trinajstić information content (AvgIpc) is 2.63. The van der Waals surface area contributed by atoms with Crippen LogP contribution in [0.5, 0.6) is 5.75 Å². The zero-order chi connectivity index (χ0) is 19.1. The van der Waals surface area contributed by atoms with Crippen LogP contribution in [0.1, 0.15) is 38.7 Å². The lowest BCUT2D eigenvalue weighted by molar-refractivity contribution is -0.142. The molecule has 1 amide bonds. The number of amides is 1. The lowest BCUT2D eigenvalue weighted by Gasteiger charge is -2.38. The van der Waals surface area contributed by atoms with Gasteiger partial charge in [-0.15, -0.1) is 0 Å². The molecule has 2 rings (SSSR count). The number of likely N-dealkylation sites (N-methyl/N-ethyl adjacent to an activating group) is 1. The molecule has 6 nitrogen and oxygen atoms in total. The zero-order valence-corrected chi connectivity index (χ0v) is 16.0. The van der Waals surface area contributed by atoms with Crippen molar-refractivity contribution in [3.8, 4) is 5.75 Å². The Morgan fingerprint density at radius 2 is 2.00 bits per heavy atom. The van der Waals surface area contributed by atoms with E-state index in [2.05, 4.69) is 0 Å². The highest BCUT2D eigenvalue weighted by Gasteiger charge is 2.30. The summed E-state index contributed by atoms with van der Waals surface area (Å²) < 4.78 is 5.93. The monoisotopic (exact) mass is 362 g/mol. The van der Waals surface area contributed by atoms with Crippen LogP contribution in [0.25, 0.3) is 0 Å². The Hall–Kier alpha value is -2.08. The molecular formula is C20H30N2O4. The Morgan fingerprint density at radius 3 is 2.54 bits per heavy atom. The van der Waals surface area contributed by atoms with Gasteiger partial charge in [0.25, 0.3) is 5.91 Å². The van der Waals surface area contributed by atoms with Gasteiger partial charge in [-0.05, 0) is 50.4 Å². The third kappa shape index (κ3) is 5.46. The number of piperidine rings is 1. The first-order chi connectivity index (χ1) is 12.4. The van der Waals surface area contributed by atoms with Crippen molar-refractivity contribution in [3.05, 3.63) is 29.8 Å². The maximum atomic E-state index is 12.8. The summed E-state index contributed by atoms with van der Waals surface area (Å²) in [7, 11) is 0. The number of carboxylic acid groups (broad SMARTS) is 1. The minimum atomic E-state index is -0.803. The Balaban J connectivity index is 1.92.